The van der Waals surface area contributed by atoms with Crippen LogP contribution in [-0.4, -0.2) is 18.0 Å². The summed E-state index contributed by atoms with van der Waals surface area (Å²) in [7, 11) is 0. The van der Waals surface area contributed by atoms with E-state index in [1.807, 2.05) is 20.8 Å². The molecule has 0 spiro atoms. The second-order valence-electron chi connectivity index (χ2n) is 2.90. The van der Waals surface area contributed by atoms with Gasteiger partial charge in [0.1, 0.15) is 6.07 Å². The molecule has 0 atom stereocenters. The molecule has 0 aliphatic heterocycles. The van der Waals surface area contributed by atoms with E-state index < -0.39 is 0 Å². The SMILES string of the molecule is CCO/C=N/c1[nH]c(C)c(C)c1C#N. The molecule has 0 radical (unpaired) electrons. The van der Waals surface area contributed by atoms with Crippen molar-refractivity contribution in [1.29, 1.82) is 5.26 Å². The first-order chi connectivity index (χ1) is 6.70. The van der Waals surface area contributed by atoms with Gasteiger partial charge in [-0.1, -0.05) is 0 Å². The lowest BCUT2D eigenvalue weighted by atomic mass is 10.2. The molecule has 1 rings (SSSR count). The number of aromatic nitrogens is 1. The molecule has 4 nitrogen and oxygen atoms in total. The zero-order valence-corrected chi connectivity index (χ0v) is 8.59. The Kier molecular flexibility index (Phi) is 3.29. The normalized spacial score (nSPS) is 10.4. The number of nitrogens with one attached hydrogen (secondary N) is 1. The van der Waals surface area contributed by atoms with Crippen molar-refractivity contribution < 1.29 is 4.74 Å². The summed E-state index contributed by atoms with van der Waals surface area (Å²) in [6.07, 6.45) is 1.35. The van der Waals surface area contributed by atoms with Gasteiger partial charge in [-0.05, 0) is 26.3 Å². The summed E-state index contributed by atoms with van der Waals surface area (Å²) >= 11 is 0. The van der Waals surface area contributed by atoms with Crippen LogP contribution in [0.25, 0.3) is 0 Å². The molecular weight excluding hydrogens is 178 g/mol. The first-order valence-electron chi connectivity index (χ1n) is 4.44. The van der Waals surface area contributed by atoms with Gasteiger partial charge in [-0.2, -0.15) is 5.26 Å². The van der Waals surface area contributed by atoms with E-state index in [1.54, 1.807) is 0 Å². The lowest BCUT2D eigenvalue weighted by Crippen LogP contribution is -1.84. The number of aromatic amines is 1. The van der Waals surface area contributed by atoms with E-state index in [0.717, 1.165) is 11.3 Å². The van der Waals surface area contributed by atoms with Crippen LogP contribution in [0.1, 0.15) is 23.7 Å². The molecule has 4 heteroatoms. The van der Waals surface area contributed by atoms with Gasteiger partial charge < -0.3 is 9.72 Å². The van der Waals surface area contributed by atoms with Crippen LogP contribution in [-0.2, 0) is 4.74 Å². The predicted octanol–water partition coefficient (Wildman–Crippen LogP) is 2.20. The molecular formula is C10H13N3O. The quantitative estimate of drug-likeness (QED) is 0.588. The Morgan fingerprint density at radius 1 is 1.57 bits per heavy atom. The smallest absolute Gasteiger partial charge is 0.176 e. The largest absolute Gasteiger partial charge is 0.483 e. The van der Waals surface area contributed by atoms with E-state index in [-0.39, 0.29) is 0 Å². The Labute approximate surface area is 83.2 Å². The van der Waals surface area contributed by atoms with Gasteiger partial charge >= 0.3 is 0 Å². The summed E-state index contributed by atoms with van der Waals surface area (Å²) in [6.45, 7) is 6.26. The molecule has 1 heterocycles. The Hall–Kier alpha value is -1.76. The second kappa shape index (κ2) is 4.47. The van der Waals surface area contributed by atoms with Crippen molar-refractivity contribution in [3.05, 3.63) is 16.8 Å². The summed E-state index contributed by atoms with van der Waals surface area (Å²) in [4.78, 5) is 7.05. The molecule has 0 saturated heterocycles. The molecule has 1 aromatic heterocycles. The number of nitrogens with zero attached hydrogens (tertiary/aromatic N) is 2. The average molecular weight is 191 g/mol. The fourth-order valence-corrected chi connectivity index (χ4v) is 1.10. The third kappa shape index (κ3) is 1.94. The van der Waals surface area contributed by atoms with E-state index in [0.29, 0.717) is 18.0 Å². The summed E-state index contributed by atoms with van der Waals surface area (Å²) in [6, 6.07) is 2.11. The summed E-state index contributed by atoms with van der Waals surface area (Å²) in [5, 5.41) is 8.88. The highest BCUT2D eigenvalue weighted by Crippen LogP contribution is 2.23. The number of rotatable bonds is 3. The Bertz CT molecular complexity index is 385. The van der Waals surface area contributed by atoms with Gasteiger partial charge in [0.25, 0.3) is 0 Å². The molecule has 0 aliphatic carbocycles. The van der Waals surface area contributed by atoms with Crippen molar-refractivity contribution in [2.75, 3.05) is 6.61 Å². The van der Waals surface area contributed by atoms with Crippen LogP contribution in [0, 0.1) is 25.2 Å². The van der Waals surface area contributed by atoms with Crippen LogP contribution in [0.2, 0.25) is 0 Å². The third-order valence-corrected chi connectivity index (χ3v) is 2.02. The van der Waals surface area contributed by atoms with Crippen molar-refractivity contribution in [2.45, 2.75) is 20.8 Å². The fraction of sp³-hybridized carbons (Fsp3) is 0.400. The molecule has 0 bridgehead atoms. The summed E-state index contributed by atoms with van der Waals surface area (Å²) < 4.78 is 4.96. The molecule has 0 aromatic carbocycles. The van der Waals surface area contributed by atoms with E-state index in [1.165, 1.54) is 6.40 Å². The molecule has 0 unspecified atom stereocenters. The van der Waals surface area contributed by atoms with Crippen LogP contribution in [0.3, 0.4) is 0 Å². The van der Waals surface area contributed by atoms with E-state index in [9.17, 15) is 0 Å². The third-order valence-electron chi connectivity index (χ3n) is 2.02. The van der Waals surface area contributed by atoms with Crippen molar-refractivity contribution in [1.82, 2.24) is 4.98 Å². The van der Waals surface area contributed by atoms with Crippen LogP contribution in [0.5, 0.6) is 0 Å². The molecule has 0 fully saturated rings. The van der Waals surface area contributed by atoms with Gasteiger partial charge in [-0.15, -0.1) is 0 Å². The van der Waals surface area contributed by atoms with Crippen LogP contribution < -0.4 is 0 Å². The number of nitriles is 1. The number of hydrogen-bond acceptors (Lipinski definition) is 3. The maximum Gasteiger partial charge on any atom is 0.176 e. The number of aliphatic imine (C=N–C) groups is 1. The molecule has 0 saturated carbocycles. The predicted molar refractivity (Wildman–Crippen MR) is 54.8 cm³/mol. The standard InChI is InChI=1S/C10H13N3O/c1-4-14-6-12-10-9(5-11)7(2)8(3)13-10/h6,13H,4H2,1-3H3/b12-6+. The molecule has 0 aliphatic rings. The lowest BCUT2D eigenvalue weighted by molar-refractivity contribution is 0.344. The highest BCUT2D eigenvalue weighted by molar-refractivity contribution is 5.62. The molecule has 1 N–H and O–H groups in total. The van der Waals surface area contributed by atoms with Gasteiger partial charge in [0.2, 0.25) is 0 Å². The van der Waals surface area contributed by atoms with E-state index >= 15 is 0 Å². The maximum absolute atomic E-state index is 8.88. The minimum Gasteiger partial charge on any atom is -0.483 e. The monoisotopic (exact) mass is 191 g/mol. The summed E-state index contributed by atoms with van der Waals surface area (Å²) in [5.74, 6) is 0.566. The second-order valence-corrected chi connectivity index (χ2v) is 2.90. The Morgan fingerprint density at radius 3 is 2.86 bits per heavy atom. The van der Waals surface area contributed by atoms with E-state index in [4.69, 9.17) is 10.00 Å². The highest BCUT2D eigenvalue weighted by Gasteiger charge is 2.09. The first-order valence-corrected chi connectivity index (χ1v) is 4.44. The number of hydrogen-bond donors (Lipinski definition) is 1. The zero-order chi connectivity index (χ0) is 10.6. The first kappa shape index (κ1) is 10.3. The molecule has 74 valence electrons. The van der Waals surface area contributed by atoms with Crippen LogP contribution >= 0.6 is 0 Å². The van der Waals surface area contributed by atoms with E-state index in [2.05, 4.69) is 16.0 Å². The minimum absolute atomic E-state index is 0.566. The Balaban J connectivity index is 2.98. The van der Waals surface area contributed by atoms with Gasteiger partial charge in [0.15, 0.2) is 12.2 Å². The highest BCUT2D eigenvalue weighted by atomic mass is 16.5. The number of H-pyrrole nitrogens is 1. The average Bonchev–Trinajstić information content (AvgIpc) is 2.43. The lowest BCUT2D eigenvalue weighted by Gasteiger charge is -1.91. The van der Waals surface area contributed by atoms with Gasteiger partial charge in [-0.3, -0.25) is 0 Å². The minimum atomic E-state index is 0.566. The molecule has 14 heavy (non-hydrogen) atoms. The number of ether oxygens (including phenoxy) is 1. The molecule has 0 amide bonds. The van der Waals surface area contributed by atoms with Crippen LogP contribution in [0.4, 0.5) is 5.82 Å². The topological polar surface area (TPSA) is 61.2 Å². The van der Waals surface area contributed by atoms with Gasteiger partial charge in [0.05, 0.1) is 12.2 Å². The van der Waals surface area contributed by atoms with Crippen molar-refractivity contribution >= 4 is 12.2 Å². The number of aryl methyl sites for hydroxylation is 1. The van der Waals surface area contributed by atoms with Crippen molar-refractivity contribution in [2.24, 2.45) is 4.99 Å². The van der Waals surface area contributed by atoms with Crippen LogP contribution in [0.15, 0.2) is 4.99 Å². The zero-order valence-electron chi connectivity index (χ0n) is 8.59. The fourth-order valence-electron chi connectivity index (χ4n) is 1.10. The van der Waals surface area contributed by atoms with Gasteiger partial charge in [0, 0.05) is 5.69 Å². The van der Waals surface area contributed by atoms with Crippen molar-refractivity contribution in [3.63, 3.8) is 0 Å². The van der Waals surface area contributed by atoms with Gasteiger partial charge in [-0.25, -0.2) is 4.99 Å². The summed E-state index contributed by atoms with van der Waals surface area (Å²) in [5.41, 5.74) is 2.49. The maximum atomic E-state index is 8.88. The molecule has 1 aromatic rings. The van der Waals surface area contributed by atoms with Crippen molar-refractivity contribution in [3.8, 4) is 6.07 Å². The Morgan fingerprint density at radius 2 is 2.29 bits per heavy atom.